The first-order chi connectivity index (χ1) is 14.1. The van der Waals surface area contributed by atoms with Gasteiger partial charge in [0, 0.05) is 5.39 Å². The van der Waals surface area contributed by atoms with Gasteiger partial charge in [0.15, 0.2) is 11.3 Å². The maximum absolute atomic E-state index is 11.9. The number of benzene rings is 3. The van der Waals surface area contributed by atoms with E-state index in [1.165, 1.54) is 0 Å². The number of ether oxygens (including phenoxy) is 2. The molecule has 0 saturated heterocycles. The van der Waals surface area contributed by atoms with Gasteiger partial charge in [0.2, 0.25) is 5.55 Å². The molecule has 0 saturated carbocycles. The minimum absolute atomic E-state index is 0.117. The number of nitrogens with two attached hydrogens (primary N) is 1. The molecule has 0 bridgehead atoms. The summed E-state index contributed by atoms with van der Waals surface area (Å²) >= 11 is 0. The number of carbonyl (C=O) groups excluding carboxylic acids is 1. The average Bonchev–Trinajstić information content (AvgIpc) is 2.75. The van der Waals surface area contributed by atoms with E-state index in [9.17, 15) is 4.79 Å². The molecule has 6 nitrogen and oxygen atoms in total. The zero-order valence-electron chi connectivity index (χ0n) is 15.7. The molecule has 0 atom stereocenters. The van der Waals surface area contributed by atoms with E-state index >= 15 is 0 Å². The third-order valence-corrected chi connectivity index (χ3v) is 4.27. The van der Waals surface area contributed by atoms with E-state index in [1.54, 1.807) is 43.5 Å². The number of rotatable bonds is 5. The Morgan fingerprint density at radius 2 is 1.66 bits per heavy atom. The summed E-state index contributed by atoms with van der Waals surface area (Å²) in [6.07, 6.45) is 0. The van der Waals surface area contributed by atoms with Crippen molar-refractivity contribution >= 4 is 22.6 Å². The van der Waals surface area contributed by atoms with E-state index in [0.717, 1.165) is 5.75 Å². The summed E-state index contributed by atoms with van der Waals surface area (Å²) in [5.41, 5.74) is 6.91. The molecule has 0 aliphatic heterocycles. The molecule has 4 rings (SSSR count). The van der Waals surface area contributed by atoms with Crippen molar-refractivity contribution in [3.8, 4) is 17.2 Å². The Kier molecular flexibility index (Phi) is 4.99. The Morgan fingerprint density at radius 1 is 0.931 bits per heavy atom. The first kappa shape index (κ1) is 18.3. The zero-order valence-corrected chi connectivity index (χ0v) is 15.7. The molecule has 6 heteroatoms. The summed E-state index contributed by atoms with van der Waals surface area (Å²) in [5.74, 6) is 1.33. The number of hydrogen-bond donors (Lipinski definition) is 1. The lowest BCUT2D eigenvalue weighted by molar-refractivity contribution is 0.0996. The fourth-order valence-corrected chi connectivity index (χ4v) is 2.88. The summed E-state index contributed by atoms with van der Waals surface area (Å²) < 4.78 is 17.0. The Morgan fingerprint density at radius 3 is 2.34 bits per heavy atom. The van der Waals surface area contributed by atoms with Gasteiger partial charge in [0.25, 0.3) is 5.91 Å². The highest BCUT2D eigenvalue weighted by Crippen LogP contribution is 2.26. The lowest BCUT2D eigenvalue weighted by Gasteiger charge is -2.07. The largest absolute Gasteiger partial charge is 0.493 e. The van der Waals surface area contributed by atoms with E-state index in [2.05, 4.69) is 4.99 Å². The minimum Gasteiger partial charge on any atom is -0.493 e. The molecule has 2 N–H and O–H groups in total. The van der Waals surface area contributed by atoms with Crippen molar-refractivity contribution in [3.63, 3.8) is 0 Å². The van der Waals surface area contributed by atoms with Crippen molar-refractivity contribution in [2.45, 2.75) is 0 Å². The second-order valence-electron chi connectivity index (χ2n) is 6.23. The SMILES string of the molecule is COc1cccc2cc(C(N)=O)c(=Nc3ccc(Oc4ccccc4)cc3)oc12. The Labute approximate surface area is 166 Å². The molecule has 1 heterocycles. The predicted octanol–water partition coefficient (Wildman–Crippen LogP) is 4.57. The zero-order chi connectivity index (χ0) is 20.2. The second-order valence-corrected chi connectivity index (χ2v) is 6.23. The topological polar surface area (TPSA) is 87.1 Å². The Balaban J connectivity index is 1.74. The van der Waals surface area contributed by atoms with Crippen LogP contribution in [0, 0.1) is 0 Å². The molecule has 0 aliphatic carbocycles. The van der Waals surface area contributed by atoms with Gasteiger partial charge in [-0.2, -0.15) is 0 Å². The number of primary amides is 1. The molecule has 0 fully saturated rings. The Bertz CT molecular complexity index is 1230. The van der Waals surface area contributed by atoms with Crippen LogP contribution >= 0.6 is 0 Å². The molecule has 1 aromatic heterocycles. The third-order valence-electron chi connectivity index (χ3n) is 4.27. The summed E-state index contributed by atoms with van der Waals surface area (Å²) in [6.45, 7) is 0. The van der Waals surface area contributed by atoms with E-state index in [4.69, 9.17) is 19.6 Å². The van der Waals surface area contributed by atoms with Gasteiger partial charge >= 0.3 is 0 Å². The fraction of sp³-hybridized carbons (Fsp3) is 0.0435. The quantitative estimate of drug-likeness (QED) is 0.544. The fourth-order valence-electron chi connectivity index (χ4n) is 2.88. The molecule has 29 heavy (non-hydrogen) atoms. The summed E-state index contributed by atoms with van der Waals surface area (Å²) in [4.78, 5) is 16.4. The lowest BCUT2D eigenvalue weighted by atomic mass is 10.1. The van der Waals surface area contributed by atoms with Crippen LogP contribution in [0.15, 0.2) is 88.3 Å². The number of fused-ring (bicyclic) bond motifs is 1. The van der Waals surface area contributed by atoms with Gasteiger partial charge in [0.05, 0.1) is 12.8 Å². The van der Waals surface area contributed by atoms with Crippen molar-refractivity contribution in [1.29, 1.82) is 0 Å². The van der Waals surface area contributed by atoms with Crippen molar-refractivity contribution in [2.24, 2.45) is 10.7 Å². The summed E-state index contributed by atoms with van der Waals surface area (Å²) in [6, 6.07) is 23.6. The number of methoxy groups -OCH3 is 1. The first-order valence-corrected chi connectivity index (χ1v) is 8.92. The number of para-hydroxylation sites is 2. The summed E-state index contributed by atoms with van der Waals surface area (Å²) in [7, 11) is 1.55. The van der Waals surface area contributed by atoms with Crippen LogP contribution in [0.25, 0.3) is 11.0 Å². The summed E-state index contributed by atoms with van der Waals surface area (Å²) in [5, 5.41) is 0.698. The number of hydrogen-bond acceptors (Lipinski definition) is 5. The standard InChI is InChI=1S/C23H18N2O4/c1-27-20-9-5-6-15-14-19(22(24)26)23(29-21(15)20)25-16-10-12-18(13-11-16)28-17-7-3-2-4-8-17/h2-14H,1H3,(H2,24,26). The molecule has 0 radical (unpaired) electrons. The molecule has 144 valence electrons. The van der Waals surface area contributed by atoms with Crippen molar-refractivity contribution in [3.05, 3.63) is 90.0 Å². The number of nitrogens with zero attached hydrogens (tertiary/aromatic N) is 1. The van der Waals surface area contributed by atoms with Crippen LogP contribution in [0.1, 0.15) is 10.4 Å². The first-order valence-electron chi connectivity index (χ1n) is 8.92. The van der Waals surface area contributed by atoms with Gasteiger partial charge in [-0.3, -0.25) is 4.79 Å². The lowest BCUT2D eigenvalue weighted by Crippen LogP contribution is -2.21. The van der Waals surface area contributed by atoms with E-state index < -0.39 is 5.91 Å². The molecule has 1 amide bonds. The number of carbonyl (C=O) groups is 1. The van der Waals surface area contributed by atoms with Gasteiger partial charge in [-0.15, -0.1) is 0 Å². The van der Waals surface area contributed by atoms with Gasteiger partial charge in [-0.1, -0.05) is 30.3 Å². The van der Waals surface area contributed by atoms with Crippen LogP contribution in [0.3, 0.4) is 0 Å². The maximum atomic E-state index is 11.9. The smallest absolute Gasteiger partial charge is 0.254 e. The molecule has 0 unspecified atom stereocenters. The van der Waals surface area contributed by atoms with Crippen molar-refractivity contribution in [1.82, 2.24) is 0 Å². The maximum Gasteiger partial charge on any atom is 0.254 e. The van der Waals surface area contributed by atoms with E-state index in [0.29, 0.717) is 28.2 Å². The molecular weight excluding hydrogens is 368 g/mol. The van der Waals surface area contributed by atoms with Crippen LogP contribution in [0.5, 0.6) is 17.2 Å². The van der Waals surface area contributed by atoms with Crippen LogP contribution in [0.4, 0.5) is 5.69 Å². The minimum atomic E-state index is -0.624. The van der Waals surface area contributed by atoms with Crippen LogP contribution in [-0.2, 0) is 0 Å². The molecule has 4 aromatic rings. The van der Waals surface area contributed by atoms with Crippen molar-refractivity contribution in [2.75, 3.05) is 7.11 Å². The van der Waals surface area contributed by atoms with Gasteiger partial charge < -0.3 is 19.6 Å². The van der Waals surface area contributed by atoms with Crippen molar-refractivity contribution < 1.29 is 18.7 Å². The van der Waals surface area contributed by atoms with E-state index in [1.807, 2.05) is 42.5 Å². The van der Waals surface area contributed by atoms with Crippen LogP contribution < -0.4 is 20.8 Å². The molecule has 0 aliphatic rings. The molecular formula is C23H18N2O4. The third kappa shape index (κ3) is 3.96. The second kappa shape index (κ2) is 7.90. The van der Waals surface area contributed by atoms with E-state index in [-0.39, 0.29) is 11.1 Å². The van der Waals surface area contributed by atoms with Crippen LogP contribution in [-0.4, -0.2) is 13.0 Å². The Hall–Kier alpha value is -4.06. The average molecular weight is 386 g/mol. The van der Waals surface area contributed by atoms with Crippen LogP contribution in [0.2, 0.25) is 0 Å². The van der Waals surface area contributed by atoms with Gasteiger partial charge in [0.1, 0.15) is 17.1 Å². The highest BCUT2D eigenvalue weighted by Gasteiger charge is 2.12. The highest BCUT2D eigenvalue weighted by molar-refractivity contribution is 5.96. The monoisotopic (exact) mass is 386 g/mol. The predicted molar refractivity (Wildman–Crippen MR) is 109 cm³/mol. The highest BCUT2D eigenvalue weighted by atomic mass is 16.5. The van der Waals surface area contributed by atoms with Gasteiger partial charge in [-0.25, -0.2) is 4.99 Å². The normalized spacial score (nSPS) is 11.4. The molecule has 0 spiro atoms. The number of amides is 1. The molecule has 3 aromatic carbocycles. The van der Waals surface area contributed by atoms with Gasteiger partial charge in [-0.05, 0) is 48.5 Å².